The van der Waals surface area contributed by atoms with Gasteiger partial charge in [0.25, 0.3) is 0 Å². The molecule has 1 saturated heterocycles. The molecule has 1 aliphatic carbocycles. The van der Waals surface area contributed by atoms with Gasteiger partial charge in [0.05, 0.1) is 12.5 Å². The number of piperazine rings is 1. The highest BCUT2D eigenvalue weighted by molar-refractivity contribution is 7.19. The predicted octanol–water partition coefficient (Wildman–Crippen LogP) is 4.29. The second-order valence-corrected chi connectivity index (χ2v) is 9.54. The fraction of sp³-hybridized carbons (Fsp3) is 0.478. The van der Waals surface area contributed by atoms with E-state index in [4.69, 9.17) is 9.72 Å². The van der Waals surface area contributed by atoms with Crippen molar-refractivity contribution in [2.24, 2.45) is 5.92 Å². The minimum absolute atomic E-state index is 0.296. The van der Waals surface area contributed by atoms with E-state index in [-0.39, 0.29) is 5.82 Å². The quantitative estimate of drug-likeness (QED) is 0.623. The number of aromatic nitrogens is 2. The zero-order chi connectivity index (χ0) is 20.7. The molecule has 3 heterocycles. The number of nitrogens with zero attached hydrogens (tertiary/aromatic N) is 4. The molecule has 5 rings (SSSR count). The molecule has 158 valence electrons. The summed E-state index contributed by atoms with van der Waals surface area (Å²) in [6, 6.07) is 5.23. The molecule has 2 aromatic heterocycles. The summed E-state index contributed by atoms with van der Waals surface area (Å²) in [5.41, 5.74) is 2.47. The Morgan fingerprint density at radius 2 is 2.03 bits per heavy atom. The number of hydrogen-bond acceptors (Lipinski definition) is 6. The highest BCUT2D eigenvalue weighted by Gasteiger charge is 2.26. The van der Waals surface area contributed by atoms with Crippen molar-refractivity contribution >= 4 is 27.4 Å². The first-order chi connectivity index (χ1) is 14.6. The molecule has 0 N–H and O–H groups in total. The minimum atomic E-state index is -0.298. The summed E-state index contributed by atoms with van der Waals surface area (Å²) in [6.45, 7) is 6.80. The van der Waals surface area contributed by atoms with Gasteiger partial charge in [0.15, 0.2) is 11.6 Å². The van der Waals surface area contributed by atoms with Crippen LogP contribution in [-0.2, 0) is 19.4 Å². The average molecular weight is 427 g/mol. The van der Waals surface area contributed by atoms with Gasteiger partial charge in [-0.2, -0.15) is 0 Å². The van der Waals surface area contributed by atoms with Crippen molar-refractivity contribution < 1.29 is 9.13 Å². The van der Waals surface area contributed by atoms with Gasteiger partial charge in [-0.3, -0.25) is 4.90 Å². The fourth-order valence-electron chi connectivity index (χ4n) is 4.69. The smallest absolute Gasteiger partial charge is 0.165 e. The van der Waals surface area contributed by atoms with Crippen LogP contribution in [-0.4, -0.2) is 48.2 Å². The molecule has 1 fully saturated rings. The molecular weight excluding hydrogens is 399 g/mol. The summed E-state index contributed by atoms with van der Waals surface area (Å²) in [4.78, 5) is 16.7. The van der Waals surface area contributed by atoms with E-state index < -0.39 is 0 Å². The topological polar surface area (TPSA) is 41.5 Å². The van der Waals surface area contributed by atoms with E-state index in [9.17, 15) is 4.39 Å². The van der Waals surface area contributed by atoms with Gasteiger partial charge in [0.2, 0.25) is 0 Å². The Hall–Kier alpha value is -2.25. The normalized spacial score (nSPS) is 19.8. The maximum atomic E-state index is 14.0. The molecule has 0 amide bonds. The molecule has 1 aromatic carbocycles. The van der Waals surface area contributed by atoms with Crippen LogP contribution in [0.1, 0.15) is 29.3 Å². The van der Waals surface area contributed by atoms with Gasteiger partial charge in [0.1, 0.15) is 17.0 Å². The van der Waals surface area contributed by atoms with Crippen molar-refractivity contribution in [1.82, 2.24) is 14.9 Å². The zero-order valence-corrected chi connectivity index (χ0v) is 18.3. The van der Waals surface area contributed by atoms with E-state index >= 15 is 0 Å². The molecule has 0 radical (unpaired) electrons. The molecular formula is C23H27FN4OS. The number of anilines is 1. The summed E-state index contributed by atoms with van der Waals surface area (Å²) in [5.74, 6) is 1.82. The Kier molecular flexibility index (Phi) is 5.33. The Morgan fingerprint density at radius 3 is 2.80 bits per heavy atom. The van der Waals surface area contributed by atoms with Gasteiger partial charge in [-0.1, -0.05) is 13.0 Å². The number of aryl methyl sites for hydroxylation is 1. The number of ether oxygens (including phenoxy) is 1. The zero-order valence-electron chi connectivity index (χ0n) is 17.5. The molecule has 1 atom stereocenters. The van der Waals surface area contributed by atoms with Crippen LogP contribution in [0.15, 0.2) is 24.5 Å². The van der Waals surface area contributed by atoms with Crippen molar-refractivity contribution in [2.75, 3.05) is 38.2 Å². The van der Waals surface area contributed by atoms with Crippen LogP contribution >= 0.6 is 11.3 Å². The van der Waals surface area contributed by atoms with Gasteiger partial charge in [-0.15, -0.1) is 11.3 Å². The Bertz CT molecular complexity index is 1060. The van der Waals surface area contributed by atoms with E-state index in [0.717, 1.165) is 61.3 Å². The molecule has 2 aliphatic rings. The average Bonchev–Trinajstić information content (AvgIpc) is 3.12. The Labute approximate surface area is 180 Å². The van der Waals surface area contributed by atoms with Gasteiger partial charge in [-0.05, 0) is 48.4 Å². The highest BCUT2D eigenvalue weighted by Crippen LogP contribution is 2.40. The lowest BCUT2D eigenvalue weighted by Crippen LogP contribution is -2.46. The third kappa shape index (κ3) is 3.65. The molecule has 0 saturated carbocycles. The molecule has 5 nitrogen and oxygen atoms in total. The molecule has 3 aromatic rings. The largest absolute Gasteiger partial charge is 0.494 e. The lowest BCUT2D eigenvalue weighted by atomic mass is 9.88. The maximum absolute atomic E-state index is 14.0. The lowest BCUT2D eigenvalue weighted by Gasteiger charge is -2.36. The van der Waals surface area contributed by atoms with Crippen LogP contribution in [0, 0.1) is 11.7 Å². The van der Waals surface area contributed by atoms with E-state index in [1.54, 1.807) is 18.5 Å². The van der Waals surface area contributed by atoms with Crippen molar-refractivity contribution in [3.63, 3.8) is 0 Å². The highest BCUT2D eigenvalue weighted by atomic mass is 32.1. The summed E-state index contributed by atoms with van der Waals surface area (Å²) in [7, 11) is 1.49. The van der Waals surface area contributed by atoms with Crippen LogP contribution in [0.4, 0.5) is 10.2 Å². The van der Waals surface area contributed by atoms with Crippen LogP contribution < -0.4 is 9.64 Å². The molecule has 7 heteroatoms. The van der Waals surface area contributed by atoms with Crippen molar-refractivity contribution in [2.45, 2.75) is 32.7 Å². The summed E-state index contributed by atoms with van der Waals surface area (Å²) < 4.78 is 19.0. The number of methoxy groups -OCH3 is 1. The minimum Gasteiger partial charge on any atom is -0.494 e. The summed E-state index contributed by atoms with van der Waals surface area (Å²) in [6.07, 6.45) is 5.30. The first kappa shape index (κ1) is 19.7. The number of benzene rings is 1. The summed E-state index contributed by atoms with van der Waals surface area (Å²) >= 11 is 1.85. The van der Waals surface area contributed by atoms with Crippen molar-refractivity contribution in [1.29, 1.82) is 0 Å². The molecule has 0 spiro atoms. The van der Waals surface area contributed by atoms with Crippen molar-refractivity contribution in [3.05, 3.63) is 46.3 Å². The first-order valence-electron chi connectivity index (χ1n) is 10.7. The molecule has 0 bridgehead atoms. The van der Waals surface area contributed by atoms with E-state index in [1.807, 2.05) is 17.4 Å². The van der Waals surface area contributed by atoms with Crippen LogP contribution in [0.3, 0.4) is 0 Å². The third-order valence-electron chi connectivity index (χ3n) is 6.36. The Balaban J connectivity index is 1.32. The monoisotopic (exact) mass is 426 g/mol. The number of halogens is 1. The first-order valence-corrected chi connectivity index (χ1v) is 11.5. The van der Waals surface area contributed by atoms with Gasteiger partial charge >= 0.3 is 0 Å². The van der Waals surface area contributed by atoms with Gasteiger partial charge in [0, 0.05) is 37.6 Å². The molecule has 30 heavy (non-hydrogen) atoms. The maximum Gasteiger partial charge on any atom is 0.165 e. The third-order valence-corrected chi connectivity index (χ3v) is 7.56. The second-order valence-electron chi connectivity index (χ2n) is 8.46. The van der Waals surface area contributed by atoms with Crippen molar-refractivity contribution in [3.8, 4) is 5.75 Å². The lowest BCUT2D eigenvalue weighted by molar-refractivity contribution is 0.249. The van der Waals surface area contributed by atoms with E-state index in [1.165, 1.54) is 35.8 Å². The summed E-state index contributed by atoms with van der Waals surface area (Å²) in [5, 5.41) is 1.29. The van der Waals surface area contributed by atoms with Gasteiger partial charge in [-0.25, -0.2) is 14.4 Å². The predicted molar refractivity (Wildman–Crippen MR) is 119 cm³/mol. The van der Waals surface area contributed by atoms with Crippen LogP contribution in [0.25, 0.3) is 10.2 Å². The van der Waals surface area contributed by atoms with E-state index in [2.05, 4.69) is 21.7 Å². The number of hydrogen-bond donors (Lipinski definition) is 0. The second kappa shape index (κ2) is 8.12. The number of thiophene rings is 1. The van der Waals surface area contributed by atoms with Crippen LogP contribution in [0.2, 0.25) is 0 Å². The SMILES string of the molecule is COc1ccc(CN2CCN(c3ncnc4sc5c(c34)CC(C)CC5)CC2)cc1F. The fourth-order valence-corrected chi connectivity index (χ4v) is 5.87. The van der Waals surface area contributed by atoms with Crippen LogP contribution in [0.5, 0.6) is 5.75 Å². The van der Waals surface area contributed by atoms with Gasteiger partial charge < -0.3 is 9.64 Å². The van der Waals surface area contributed by atoms with E-state index in [0.29, 0.717) is 5.75 Å². The standard InChI is InChI=1S/C23H27FN4OS/c1-15-3-6-20-17(11-15)21-22(25-14-26-23(21)30-20)28-9-7-27(8-10-28)13-16-4-5-19(29-2)18(24)12-16/h4-5,12,14-15H,3,6-11,13H2,1-2H3. The number of rotatable bonds is 4. The molecule has 1 aliphatic heterocycles. The number of fused-ring (bicyclic) bond motifs is 3. The Morgan fingerprint density at radius 1 is 1.20 bits per heavy atom. The molecule has 1 unspecified atom stereocenters.